The smallest absolute Gasteiger partial charge is 0.0994 e. The molecule has 2 aromatic rings. The molecule has 0 aliphatic carbocycles. The molecule has 0 radical (unpaired) electrons. The van der Waals surface area contributed by atoms with Crippen molar-refractivity contribution < 1.29 is 0 Å². The van der Waals surface area contributed by atoms with E-state index in [-0.39, 0.29) is 0 Å². The Hall–Kier alpha value is -2.99. The summed E-state index contributed by atoms with van der Waals surface area (Å²) >= 11 is 0. The van der Waals surface area contributed by atoms with Crippen molar-refractivity contribution in [2.45, 2.75) is 19.8 Å². The van der Waals surface area contributed by atoms with E-state index in [0.29, 0.717) is 0 Å². The zero-order chi connectivity index (χ0) is 18.1. The predicted octanol–water partition coefficient (Wildman–Crippen LogP) is 3.86. The maximum Gasteiger partial charge on any atom is 0.0994 e. The molecule has 0 atom stereocenters. The standard InChI is InChI=1S/C22H25N3/c1-17-15-21(9-10-22(17)16-23)12-14-25-19(3)18(2)24-13-11-20-7-5-4-6-8-20/h4-10,15,24-25H,2-3,11-14H2,1H3. The molecule has 0 aromatic heterocycles. The Bertz CT molecular complexity index is 770. The first-order valence-corrected chi connectivity index (χ1v) is 8.49. The monoisotopic (exact) mass is 331 g/mol. The zero-order valence-electron chi connectivity index (χ0n) is 14.8. The number of hydrogen-bond donors (Lipinski definition) is 2. The van der Waals surface area contributed by atoms with Gasteiger partial charge in [-0.2, -0.15) is 5.26 Å². The van der Waals surface area contributed by atoms with Crippen molar-refractivity contribution in [1.82, 2.24) is 10.6 Å². The van der Waals surface area contributed by atoms with E-state index in [4.69, 9.17) is 5.26 Å². The topological polar surface area (TPSA) is 47.8 Å². The van der Waals surface area contributed by atoms with Crippen molar-refractivity contribution in [3.63, 3.8) is 0 Å². The molecule has 0 aliphatic heterocycles. The Labute approximate surface area is 150 Å². The molecule has 3 heteroatoms. The predicted molar refractivity (Wildman–Crippen MR) is 104 cm³/mol. The van der Waals surface area contributed by atoms with Gasteiger partial charge >= 0.3 is 0 Å². The summed E-state index contributed by atoms with van der Waals surface area (Å²) in [4.78, 5) is 0. The van der Waals surface area contributed by atoms with Crippen LogP contribution in [0.4, 0.5) is 0 Å². The highest BCUT2D eigenvalue weighted by Crippen LogP contribution is 2.10. The first-order chi connectivity index (χ1) is 12.1. The average molecular weight is 331 g/mol. The normalized spacial score (nSPS) is 9.92. The van der Waals surface area contributed by atoms with Gasteiger partial charge in [0.25, 0.3) is 0 Å². The molecule has 0 fully saturated rings. The van der Waals surface area contributed by atoms with Crippen molar-refractivity contribution in [1.29, 1.82) is 5.26 Å². The average Bonchev–Trinajstić information content (AvgIpc) is 2.62. The molecule has 0 amide bonds. The van der Waals surface area contributed by atoms with Crippen LogP contribution < -0.4 is 10.6 Å². The third-order valence-electron chi connectivity index (χ3n) is 4.12. The first-order valence-electron chi connectivity index (χ1n) is 8.49. The molecule has 0 unspecified atom stereocenters. The van der Waals surface area contributed by atoms with Gasteiger partial charge in [-0.05, 0) is 42.5 Å². The second kappa shape index (κ2) is 9.34. The minimum atomic E-state index is 0.733. The fourth-order valence-corrected chi connectivity index (χ4v) is 2.58. The lowest BCUT2D eigenvalue weighted by atomic mass is 10.0. The molecular formula is C22H25N3. The Morgan fingerprint density at radius 3 is 2.08 bits per heavy atom. The van der Waals surface area contributed by atoms with Gasteiger partial charge in [0.2, 0.25) is 0 Å². The summed E-state index contributed by atoms with van der Waals surface area (Å²) < 4.78 is 0. The molecule has 25 heavy (non-hydrogen) atoms. The second-order valence-corrected chi connectivity index (χ2v) is 6.06. The van der Waals surface area contributed by atoms with Crippen LogP contribution in [0.3, 0.4) is 0 Å². The number of nitrogens with one attached hydrogen (secondary N) is 2. The van der Waals surface area contributed by atoms with Crippen molar-refractivity contribution in [2.75, 3.05) is 13.1 Å². The Morgan fingerprint density at radius 1 is 0.920 bits per heavy atom. The van der Waals surface area contributed by atoms with Crippen molar-refractivity contribution in [3.8, 4) is 6.07 Å². The highest BCUT2D eigenvalue weighted by atomic mass is 15.0. The summed E-state index contributed by atoms with van der Waals surface area (Å²) in [5, 5.41) is 15.6. The number of rotatable bonds is 9. The van der Waals surface area contributed by atoms with Gasteiger partial charge in [-0.25, -0.2) is 0 Å². The molecule has 2 rings (SSSR count). The van der Waals surface area contributed by atoms with Crippen molar-refractivity contribution >= 4 is 0 Å². The minimum absolute atomic E-state index is 0.733. The number of aryl methyl sites for hydroxylation is 1. The quantitative estimate of drug-likeness (QED) is 0.686. The summed E-state index contributed by atoms with van der Waals surface area (Å²) in [6.07, 6.45) is 1.83. The lowest BCUT2D eigenvalue weighted by Gasteiger charge is -2.14. The highest BCUT2D eigenvalue weighted by Gasteiger charge is 2.02. The van der Waals surface area contributed by atoms with Crippen LogP contribution in [-0.2, 0) is 12.8 Å². The Balaban J connectivity index is 1.70. The SMILES string of the molecule is C=C(NCCc1ccccc1)C(=C)NCCc1ccc(C#N)c(C)c1. The molecule has 0 bridgehead atoms. The molecule has 0 saturated carbocycles. The van der Waals surface area contributed by atoms with Gasteiger partial charge in [-0.15, -0.1) is 0 Å². The maximum absolute atomic E-state index is 8.97. The third-order valence-corrected chi connectivity index (χ3v) is 4.12. The summed E-state index contributed by atoms with van der Waals surface area (Å²) in [5.74, 6) is 0. The number of benzene rings is 2. The molecule has 3 nitrogen and oxygen atoms in total. The van der Waals surface area contributed by atoms with Crippen LogP contribution in [0.15, 0.2) is 73.1 Å². The van der Waals surface area contributed by atoms with Gasteiger partial charge < -0.3 is 10.6 Å². The van der Waals surface area contributed by atoms with Crippen molar-refractivity contribution in [3.05, 3.63) is 95.3 Å². The molecule has 2 aromatic carbocycles. The van der Waals surface area contributed by atoms with E-state index in [2.05, 4.69) is 60.2 Å². The third kappa shape index (κ3) is 5.86. The van der Waals surface area contributed by atoms with Crippen LogP contribution in [0.1, 0.15) is 22.3 Å². The van der Waals surface area contributed by atoms with Gasteiger partial charge in [0.1, 0.15) is 0 Å². The first kappa shape index (κ1) is 18.4. The fourth-order valence-electron chi connectivity index (χ4n) is 2.58. The molecule has 0 heterocycles. The van der Waals surface area contributed by atoms with Gasteiger partial charge in [-0.3, -0.25) is 0 Å². The van der Waals surface area contributed by atoms with Crippen LogP contribution >= 0.6 is 0 Å². The zero-order valence-corrected chi connectivity index (χ0v) is 14.8. The second-order valence-electron chi connectivity index (χ2n) is 6.06. The summed E-state index contributed by atoms with van der Waals surface area (Å²) in [5.41, 5.74) is 5.91. The largest absolute Gasteiger partial charge is 0.384 e. The molecule has 0 saturated heterocycles. The molecule has 0 spiro atoms. The minimum Gasteiger partial charge on any atom is -0.384 e. The number of hydrogen-bond acceptors (Lipinski definition) is 3. The lowest BCUT2D eigenvalue weighted by molar-refractivity contribution is 0.740. The molecular weight excluding hydrogens is 306 g/mol. The summed E-state index contributed by atoms with van der Waals surface area (Å²) in [6, 6.07) is 18.5. The number of nitrogens with zero attached hydrogens (tertiary/aromatic N) is 1. The van der Waals surface area contributed by atoms with E-state index in [1.165, 1.54) is 11.1 Å². The van der Waals surface area contributed by atoms with Crippen LogP contribution in [0.2, 0.25) is 0 Å². The van der Waals surface area contributed by atoms with E-state index in [9.17, 15) is 0 Å². The van der Waals surface area contributed by atoms with Crippen LogP contribution in [0.5, 0.6) is 0 Å². The van der Waals surface area contributed by atoms with E-state index < -0.39 is 0 Å². The van der Waals surface area contributed by atoms with Gasteiger partial charge in [0.15, 0.2) is 0 Å². The van der Waals surface area contributed by atoms with Crippen molar-refractivity contribution in [2.24, 2.45) is 0 Å². The molecule has 2 N–H and O–H groups in total. The van der Waals surface area contributed by atoms with Gasteiger partial charge in [0.05, 0.1) is 11.6 Å². The summed E-state index contributed by atoms with van der Waals surface area (Å²) in [6.45, 7) is 11.7. The van der Waals surface area contributed by atoms with Gasteiger partial charge in [-0.1, -0.05) is 55.6 Å². The highest BCUT2D eigenvalue weighted by molar-refractivity contribution is 5.39. The van der Waals surface area contributed by atoms with Gasteiger partial charge in [0, 0.05) is 24.5 Å². The van der Waals surface area contributed by atoms with Crippen LogP contribution in [0, 0.1) is 18.3 Å². The fraction of sp³-hybridized carbons (Fsp3) is 0.227. The van der Waals surface area contributed by atoms with Crippen LogP contribution in [0.25, 0.3) is 0 Å². The van der Waals surface area contributed by atoms with Crippen LogP contribution in [-0.4, -0.2) is 13.1 Å². The van der Waals surface area contributed by atoms with E-state index in [1.807, 2.05) is 25.1 Å². The van der Waals surface area contributed by atoms with E-state index in [1.54, 1.807) is 0 Å². The Kier molecular flexibility index (Phi) is 6.86. The molecule has 0 aliphatic rings. The van der Waals surface area contributed by atoms with E-state index >= 15 is 0 Å². The maximum atomic E-state index is 8.97. The van der Waals surface area contributed by atoms with E-state index in [0.717, 1.165) is 48.5 Å². The number of nitriles is 1. The Morgan fingerprint density at radius 2 is 1.52 bits per heavy atom. The lowest BCUT2D eigenvalue weighted by Crippen LogP contribution is -2.25. The summed E-state index contributed by atoms with van der Waals surface area (Å²) in [7, 11) is 0. The molecule has 128 valence electrons.